The number of hydrogen-bond donors (Lipinski definition) is 2. The van der Waals surface area contributed by atoms with Gasteiger partial charge >= 0.3 is 0 Å². The first-order chi connectivity index (χ1) is 13.3. The highest BCUT2D eigenvalue weighted by Crippen LogP contribution is 2.16. The fourth-order valence-electron chi connectivity index (χ4n) is 2.63. The smallest absolute Gasteiger partial charge is 0.272 e. The summed E-state index contributed by atoms with van der Waals surface area (Å²) in [5.41, 5.74) is 1.77. The predicted molar refractivity (Wildman–Crippen MR) is 106 cm³/mol. The minimum Gasteiger partial charge on any atom is -0.272 e. The summed E-state index contributed by atoms with van der Waals surface area (Å²) in [7, 11) is -4.03. The molecule has 0 aliphatic rings. The summed E-state index contributed by atoms with van der Waals surface area (Å²) in [4.78, 5) is 27.0. The van der Waals surface area contributed by atoms with E-state index in [0.717, 1.165) is 0 Å². The van der Waals surface area contributed by atoms with Crippen molar-refractivity contribution < 1.29 is 13.2 Å². The van der Waals surface area contributed by atoms with E-state index in [1.165, 1.54) is 28.9 Å². The highest BCUT2D eigenvalue weighted by atomic mass is 35.5. The number of halogens is 1. The summed E-state index contributed by atoms with van der Waals surface area (Å²) in [6.45, 7) is 2.21. The number of hydrogen-bond acceptors (Lipinski definition) is 5. The van der Waals surface area contributed by atoms with Gasteiger partial charge in [-0.25, -0.2) is 13.1 Å². The third-order valence-corrected chi connectivity index (χ3v) is 5.40. The number of aromatic nitrogens is 2. The zero-order valence-electron chi connectivity index (χ0n) is 14.8. The molecule has 3 aromatic rings. The Morgan fingerprint density at radius 2 is 1.86 bits per heavy atom. The second-order valence-corrected chi connectivity index (χ2v) is 8.06. The lowest BCUT2D eigenvalue weighted by molar-refractivity contribution is 0.0939. The van der Waals surface area contributed by atoms with Crippen LogP contribution in [0, 0.1) is 0 Å². The molecule has 8 nitrogen and oxygen atoms in total. The standard InChI is InChI=1S/C18H17ClN4O4S/c1-2-10-23-18(25)15-9-4-3-8-14(15)16(21-23)17(24)20-22-28(26,27)13-7-5-6-12(19)11-13/h3-9,11,22H,2,10H2,1H3,(H,20,24). The van der Waals surface area contributed by atoms with Gasteiger partial charge in [-0.15, -0.1) is 4.83 Å². The van der Waals surface area contributed by atoms with Crippen molar-refractivity contribution in [3.05, 3.63) is 69.6 Å². The second kappa shape index (κ2) is 8.09. The summed E-state index contributed by atoms with van der Waals surface area (Å²) in [5, 5.41) is 5.02. The quantitative estimate of drug-likeness (QED) is 0.593. The molecule has 1 aromatic heterocycles. The molecular weight excluding hydrogens is 404 g/mol. The molecule has 1 heterocycles. The lowest BCUT2D eigenvalue weighted by Gasteiger charge is -2.12. The van der Waals surface area contributed by atoms with Crippen molar-refractivity contribution in [2.24, 2.45) is 0 Å². The highest BCUT2D eigenvalue weighted by Gasteiger charge is 2.20. The Labute approximate surface area is 166 Å². The molecule has 0 saturated carbocycles. The fourth-order valence-corrected chi connectivity index (χ4v) is 3.77. The average molecular weight is 421 g/mol. The largest absolute Gasteiger partial charge is 0.287 e. The van der Waals surface area contributed by atoms with E-state index in [4.69, 9.17) is 11.6 Å². The Balaban J connectivity index is 1.93. The molecule has 0 fully saturated rings. The SMILES string of the molecule is CCCn1nc(C(=O)NNS(=O)(=O)c2cccc(Cl)c2)c2ccccc2c1=O. The van der Waals surface area contributed by atoms with Crippen LogP contribution in [-0.4, -0.2) is 24.1 Å². The topological polar surface area (TPSA) is 110 Å². The average Bonchev–Trinajstić information content (AvgIpc) is 2.68. The van der Waals surface area contributed by atoms with Crippen LogP contribution in [0.15, 0.2) is 58.2 Å². The molecule has 2 aromatic carbocycles. The molecular formula is C18H17ClN4O4S. The van der Waals surface area contributed by atoms with Crippen LogP contribution in [-0.2, 0) is 16.6 Å². The normalized spacial score (nSPS) is 11.5. The lowest BCUT2D eigenvalue weighted by atomic mass is 10.1. The van der Waals surface area contributed by atoms with Crippen LogP contribution < -0.4 is 15.8 Å². The summed E-state index contributed by atoms with van der Waals surface area (Å²) in [5.74, 6) is -0.786. The number of carbonyl (C=O) groups is 1. The van der Waals surface area contributed by atoms with Crippen molar-refractivity contribution in [2.75, 3.05) is 0 Å². The van der Waals surface area contributed by atoms with E-state index in [1.807, 2.05) is 11.8 Å². The maximum atomic E-state index is 12.6. The van der Waals surface area contributed by atoms with E-state index in [0.29, 0.717) is 23.7 Å². The predicted octanol–water partition coefficient (Wildman–Crippen LogP) is 2.08. The number of hydrazine groups is 1. The number of rotatable bonds is 6. The first-order valence-corrected chi connectivity index (χ1v) is 10.3. The number of benzene rings is 2. The molecule has 0 spiro atoms. The first-order valence-electron chi connectivity index (χ1n) is 8.41. The number of amides is 1. The van der Waals surface area contributed by atoms with Crippen LogP contribution in [0.3, 0.4) is 0 Å². The van der Waals surface area contributed by atoms with Crippen LogP contribution in [0.2, 0.25) is 5.02 Å². The van der Waals surface area contributed by atoms with Crippen LogP contribution >= 0.6 is 11.6 Å². The molecule has 0 bridgehead atoms. The molecule has 0 saturated heterocycles. The number of aryl methyl sites for hydroxylation is 1. The third kappa shape index (κ3) is 4.06. The van der Waals surface area contributed by atoms with Crippen molar-refractivity contribution in [1.82, 2.24) is 20.0 Å². The van der Waals surface area contributed by atoms with Gasteiger partial charge in [0, 0.05) is 17.0 Å². The van der Waals surface area contributed by atoms with Gasteiger partial charge in [0.25, 0.3) is 21.5 Å². The van der Waals surface area contributed by atoms with E-state index in [2.05, 4.69) is 10.5 Å². The number of sulfonamides is 1. The molecule has 146 valence electrons. The Morgan fingerprint density at radius 1 is 1.14 bits per heavy atom. The Kier molecular flexibility index (Phi) is 5.78. The zero-order valence-corrected chi connectivity index (χ0v) is 16.4. The Hall–Kier alpha value is -2.75. The molecule has 0 aliphatic heterocycles. The monoisotopic (exact) mass is 420 g/mol. The van der Waals surface area contributed by atoms with E-state index in [9.17, 15) is 18.0 Å². The van der Waals surface area contributed by atoms with Gasteiger partial charge in [-0.1, -0.05) is 42.8 Å². The number of carbonyl (C=O) groups excluding carboxylic acids is 1. The number of nitrogens with zero attached hydrogens (tertiary/aromatic N) is 2. The molecule has 3 rings (SSSR count). The van der Waals surface area contributed by atoms with Gasteiger partial charge in [0.1, 0.15) is 0 Å². The van der Waals surface area contributed by atoms with Crippen molar-refractivity contribution in [3.63, 3.8) is 0 Å². The third-order valence-electron chi connectivity index (χ3n) is 3.92. The molecule has 0 radical (unpaired) electrons. The molecule has 10 heteroatoms. The van der Waals surface area contributed by atoms with Crippen molar-refractivity contribution in [1.29, 1.82) is 0 Å². The maximum absolute atomic E-state index is 12.6. The van der Waals surface area contributed by atoms with Crippen LogP contribution in [0.4, 0.5) is 0 Å². The summed E-state index contributed by atoms with van der Waals surface area (Å²) in [6.07, 6.45) is 0.647. The first kappa shape index (κ1) is 20.0. The molecule has 2 N–H and O–H groups in total. The van der Waals surface area contributed by atoms with Gasteiger partial charge in [0.2, 0.25) is 0 Å². The maximum Gasteiger partial charge on any atom is 0.287 e. The second-order valence-electron chi connectivity index (χ2n) is 5.94. The van der Waals surface area contributed by atoms with Crippen molar-refractivity contribution in [3.8, 4) is 0 Å². The van der Waals surface area contributed by atoms with Gasteiger partial charge in [0.15, 0.2) is 5.69 Å². The Bertz CT molecular complexity index is 1210. The van der Waals surface area contributed by atoms with Crippen molar-refractivity contribution >= 4 is 38.3 Å². The molecule has 1 amide bonds. The van der Waals surface area contributed by atoms with Gasteiger partial charge in [-0.3, -0.25) is 15.0 Å². The minimum atomic E-state index is -4.03. The van der Waals surface area contributed by atoms with Gasteiger partial charge in [-0.2, -0.15) is 5.10 Å². The van der Waals surface area contributed by atoms with Crippen molar-refractivity contribution in [2.45, 2.75) is 24.8 Å². The number of fused-ring (bicyclic) bond motifs is 1. The van der Waals surface area contributed by atoms with Crippen LogP contribution in [0.5, 0.6) is 0 Å². The van der Waals surface area contributed by atoms with Crippen LogP contribution in [0.25, 0.3) is 10.8 Å². The molecule has 28 heavy (non-hydrogen) atoms. The van der Waals surface area contributed by atoms with Gasteiger partial charge in [0.05, 0.1) is 10.3 Å². The summed E-state index contributed by atoms with van der Waals surface area (Å²) < 4.78 is 25.9. The molecule has 0 atom stereocenters. The van der Waals surface area contributed by atoms with Crippen LogP contribution in [0.1, 0.15) is 23.8 Å². The summed E-state index contributed by atoms with van der Waals surface area (Å²) in [6, 6.07) is 12.1. The zero-order chi connectivity index (χ0) is 20.3. The van der Waals surface area contributed by atoms with E-state index in [1.54, 1.807) is 24.3 Å². The lowest BCUT2D eigenvalue weighted by Crippen LogP contribution is -2.42. The van der Waals surface area contributed by atoms with Gasteiger partial charge < -0.3 is 0 Å². The summed E-state index contributed by atoms with van der Waals surface area (Å²) >= 11 is 5.81. The fraction of sp³-hybridized carbons (Fsp3) is 0.167. The van der Waals surface area contributed by atoms with E-state index >= 15 is 0 Å². The number of nitrogens with one attached hydrogen (secondary N) is 2. The highest BCUT2D eigenvalue weighted by molar-refractivity contribution is 7.89. The minimum absolute atomic E-state index is 0.0579. The Morgan fingerprint density at radius 3 is 2.54 bits per heavy atom. The van der Waals surface area contributed by atoms with E-state index in [-0.39, 0.29) is 21.2 Å². The van der Waals surface area contributed by atoms with Gasteiger partial charge in [-0.05, 0) is 30.7 Å². The van der Waals surface area contributed by atoms with E-state index < -0.39 is 15.9 Å². The molecule has 0 aliphatic carbocycles. The molecule has 0 unspecified atom stereocenters.